The smallest absolute Gasteiger partial charge is 0.225 e. The van der Waals surface area contributed by atoms with Crippen molar-refractivity contribution in [3.63, 3.8) is 0 Å². The van der Waals surface area contributed by atoms with E-state index in [0.717, 1.165) is 22.4 Å². The van der Waals surface area contributed by atoms with Crippen molar-refractivity contribution in [1.29, 1.82) is 5.26 Å². The van der Waals surface area contributed by atoms with Gasteiger partial charge in [-0.05, 0) is 30.7 Å². The van der Waals surface area contributed by atoms with E-state index in [1.807, 2.05) is 97.9 Å². The molecule has 0 saturated carbocycles. The first-order valence-corrected chi connectivity index (χ1v) is 12.4. The van der Waals surface area contributed by atoms with Gasteiger partial charge in [-0.25, -0.2) is 4.98 Å². The van der Waals surface area contributed by atoms with Crippen LogP contribution in [0.1, 0.15) is 18.9 Å². The maximum atomic E-state index is 12.6. The molecule has 0 aliphatic rings. The average molecular weight is 480 g/mol. The summed E-state index contributed by atoms with van der Waals surface area (Å²) in [6, 6.07) is 31.4. The summed E-state index contributed by atoms with van der Waals surface area (Å²) in [6.07, 6.45) is 0.272. The molecule has 0 radical (unpaired) electrons. The maximum absolute atomic E-state index is 12.6. The Kier molecular flexibility index (Phi) is 8.16. The fraction of sp³-hybridized carbons (Fsp3) is 0.138. The van der Waals surface area contributed by atoms with Crippen molar-refractivity contribution in [2.24, 2.45) is 0 Å². The van der Waals surface area contributed by atoms with Crippen LogP contribution in [0.5, 0.6) is 5.75 Å². The molecular weight excluding hydrogens is 454 g/mol. The second-order valence-electron chi connectivity index (χ2n) is 7.65. The van der Waals surface area contributed by atoms with Gasteiger partial charge in [0.15, 0.2) is 0 Å². The summed E-state index contributed by atoms with van der Waals surface area (Å²) in [7, 11) is 0. The Morgan fingerprint density at radius 1 is 0.971 bits per heavy atom. The molecule has 5 nitrogen and oxygen atoms in total. The third-order valence-corrected chi connectivity index (χ3v) is 6.26. The normalized spacial score (nSPS) is 10.4. The molecule has 0 fully saturated rings. The number of carbonyl (C=O) groups is 1. The molecule has 6 heteroatoms. The molecule has 0 saturated heterocycles. The number of carbonyl (C=O) groups excluding carboxylic acids is 1. The van der Waals surface area contributed by atoms with Crippen LogP contribution in [0.15, 0.2) is 96.0 Å². The van der Waals surface area contributed by atoms with Crippen LogP contribution in [0.4, 0.5) is 5.69 Å². The zero-order chi connectivity index (χ0) is 24.5. The number of hydrogen-bond donors (Lipinski definition) is 1. The van der Waals surface area contributed by atoms with Crippen molar-refractivity contribution in [2.75, 3.05) is 17.7 Å². The van der Waals surface area contributed by atoms with Crippen LogP contribution in [0, 0.1) is 11.3 Å². The summed E-state index contributed by atoms with van der Waals surface area (Å²) < 4.78 is 5.59. The number of nitriles is 1. The fourth-order valence-electron chi connectivity index (χ4n) is 3.64. The maximum Gasteiger partial charge on any atom is 0.225 e. The monoisotopic (exact) mass is 479 g/mol. The highest BCUT2D eigenvalue weighted by atomic mass is 32.2. The van der Waals surface area contributed by atoms with E-state index in [0.29, 0.717) is 34.4 Å². The molecule has 0 aliphatic heterocycles. The number of nitrogens with zero attached hydrogens (tertiary/aromatic N) is 2. The van der Waals surface area contributed by atoms with Gasteiger partial charge < -0.3 is 10.1 Å². The van der Waals surface area contributed by atoms with Gasteiger partial charge in [0.1, 0.15) is 16.8 Å². The van der Waals surface area contributed by atoms with E-state index in [9.17, 15) is 10.1 Å². The zero-order valence-electron chi connectivity index (χ0n) is 19.4. The Balaban J connectivity index is 1.56. The Morgan fingerprint density at radius 2 is 1.63 bits per heavy atom. The Bertz CT molecular complexity index is 1340. The van der Waals surface area contributed by atoms with Crippen LogP contribution in [0.2, 0.25) is 0 Å². The third-order valence-electron chi connectivity index (χ3n) is 5.28. The van der Waals surface area contributed by atoms with E-state index in [2.05, 4.69) is 11.4 Å². The summed E-state index contributed by atoms with van der Waals surface area (Å²) in [6.45, 7) is 2.43. The van der Waals surface area contributed by atoms with Gasteiger partial charge in [-0.1, -0.05) is 72.8 Å². The molecule has 4 aromatic rings. The summed E-state index contributed by atoms with van der Waals surface area (Å²) >= 11 is 1.42. The van der Waals surface area contributed by atoms with Crippen LogP contribution >= 0.6 is 11.8 Å². The minimum Gasteiger partial charge on any atom is -0.492 e. The molecular formula is C29H25N3O2S. The minimum atomic E-state index is -0.120. The van der Waals surface area contributed by atoms with Crippen LogP contribution in [0.25, 0.3) is 22.4 Å². The van der Waals surface area contributed by atoms with Crippen LogP contribution in [-0.2, 0) is 4.79 Å². The number of amides is 1. The van der Waals surface area contributed by atoms with Gasteiger partial charge in [0.2, 0.25) is 5.91 Å². The largest absolute Gasteiger partial charge is 0.492 e. The fourth-order valence-corrected chi connectivity index (χ4v) is 4.58. The minimum absolute atomic E-state index is 0.120. The zero-order valence-corrected chi connectivity index (χ0v) is 20.2. The molecule has 174 valence electrons. The van der Waals surface area contributed by atoms with E-state index in [1.54, 1.807) is 0 Å². The number of thioether (sulfide) groups is 1. The van der Waals surface area contributed by atoms with E-state index < -0.39 is 0 Å². The number of benzene rings is 3. The van der Waals surface area contributed by atoms with Crippen molar-refractivity contribution >= 4 is 23.4 Å². The first kappa shape index (κ1) is 24.1. The van der Waals surface area contributed by atoms with Gasteiger partial charge >= 0.3 is 0 Å². The molecule has 4 rings (SSSR count). The third kappa shape index (κ3) is 6.08. The molecule has 35 heavy (non-hydrogen) atoms. The predicted octanol–water partition coefficient (Wildman–Crippen LogP) is 6.81. The summed E-state index contributed by atoms with van der Waals surface area (Å²) in [5, 5.41) is 13.6. The summed E-state index contributed by atoms with van der Waals surface area (Å²) in [4.78, 5) is 17.4. The lowest BCUT2D eigenvalue weighted by Crippen LogP contribution is -2.13. The number of nitrogens with one attached hydrogen (secondary N) is 1. The van der Waals surface area contributed by atoms with Gasteiger partial charge in [0.05, 0.1) is 23.6 Å². The lowest BCUT2D eigenvalue weighted by atomic mass is 9.99. The molecule has 0 unspecified atom stereocenters. The quantitative estimate of drug-likeness (QED) is 0.267. The van der Waals surface area contributed by atoms with E-state index in [1.165, 1.54) is 11.8 Å². The van der Waals surface area contributed by atoms with Crippen molar-refractivity contribution in [3.8, 4) is 34.2 Å². The summed E-state index contributed by atoms with van der Waals surface area (Å²) in [5.41, 5.74) is 4.72. The standard InChI is InChI=1S/C29H25N3O2S/c1-2-34-27-16-10-9-15-25(27)31-28(33)17-18-35-29-24(20-30)23(21-11-5-3-6-12-21)19-26(32-29)22-13-7-4-8-14-22/h3-16,19H,2,17-18H2,1H3,(H,31,33). The van der Waals surface area contributed by atoms with Gasteiger partial charge in [0.25, 0.3) is 0 Å². The predicted molar refractivity (Wildman–Crippen MR) is 141 cm³/mol. The van der Waals surface area contributed by atoms with Crippen LogP contribution in [-0.4, -0.2) is 23.3 Å². The number of para-hydroxylation sites is 2. The lowest BCUT2D eigenvalue weighted by Gasteiger charge is -2.13. The van der Waals surface area contributed by atoms with E-state index in [4.69, 9.17) is 9.72 Å². The Morgan fingerprint density at radius 3 is 2.31 bits per heavy atom. The number of aromatic nitrogens is 1. The van der Waals surface area contributed by atoms with Gasteiger partial charge in [-0.3, -0.25) is 4.79 Å². The molecule has 1 amide bonds. The van der Waals surface area contributed by atoms with Crippen molar-refractivity contribution in [3.05, 3.63) is 96.6 Å². The van der Waals surface area contributed by atoms with Gasteiger partial charge in [0, 0.05) is 23.3 Å². The van der Waals surface area contributed by atoms with Crippen molar-refractivity contribution in [2.45, 2.75) is 18.4 Å². The highest BCUT2D eigenvalue weighted by Crippen LogP contribution is 2.34. The van der Waals surface area contributed by atoms with Crippen molar-refractivity contribution in [1.82, 2.24) is 4.98 Å². The van der Waals surface area contributed by atoms with Gasteiger partial charge in [-0.2, -0.15) is 5.26 Å². The molecule has 1 aromatic heterocycles. The second-order valence-corrected chi connectivity index (χ2v) is 8.74. The molecule has 1 N–H and O–H groups in total. The first-order valence-electron chi connectivity index (χ1n) is 11.4. The molecule has 0 aliphatic carbocycles. The van der Waals surface area contributed by atoms with E-state index >= 15 is 0 Å². The van der Waals surface area contributed by atoms with E-state index in [-0.39, 0.29) is 12.3 Å². The van der Waals surface area contributed by atoms with Crippen LogP contribution in [0.3, 0.4) is 0 Å². The number of hydrogen-bond acceptors (Lipinski definition) is 5. The molecule has 0 spiro atoms. The molecule has 1 heterocycles. The Labute approximate surface area is 209 Å². The first-order chi connectivity index (χ1) is 17.2. The Hall–Kier alpha value is -4.08. The molecule has 0 atom stereocenters. The highest BCUT2D eigenvalue weighted by Gasteiger charge is 2.16. The summed E-state index contributed by atoms with van der Waals surface area (Å²) in [5.74, 6) is 1.01. The SMILES string of the molecule is CCOc1ccccc1NC(=O)CCSc1nc(-c2ccccc2)cc(-c2ccccc2)c1C#N. The second kappa shape index (κ2) is 11.9. The number of rotatable bonds is 9. The van der Waals surface area contributed by atoms with Crippen molar-refractivity contribution < 1.29 is 9.53 Å². The van der Waals surface area contributed by atoms with Crippen LogP contribution < -0.4 is 10.1 Å². The number of anilines is 1. The number of pyridine rings is 1. The van der Waals surface area contributed by atoms with Gasteiger partial charge in [-0.15, -0.1) is 11.8 Å². The molecule has 0 bridgehead atoms. The highest BCUT2D eigenvalue weighted by molar-refractivity contribution is 7.99. The average Bonchev–Trinajstić information content (AvgIpc) is 2.90. The topological polar surface area (TPSA) is 75.0 Å². The molecule has 3 aromatic carbocycles. The number of ether oxygens (including phenoxy) is 1. The lowest BCUT2D eigenvalue weighted by molar-refractivity contribution is -0.115.